The quantitative estimate of drug-likeness (QED) is 0.692. The first-order chi connectivity index (χ1) is 13.6. The third-order valence-electron chi connectivity index (χ3n) is 4.98. The topological polar surface area (TPSA) is 86.0 Å². The van der Waals surface area contributed by atoms with Crippen molar-refractivity contribution in [2.75, 3.05) is 13.1 Å². The number of amides is 1. The summed E-state index contributed by atoms with van der Waals surface area (Å²) in [6.45, 7) is 3.20. The number of carbonyl (C=O) groups excluding carboxylic acids is 1. The Hall–Kier alpha value is -3.29. The zero-order chi connectivity index (χ0) is 19.5. The van der Waals surface area contributed by atoms with Gasteiger partial charge in [-0.25, -0.2) is 9.97 Å². The molecule has 0 spiro atoms. The lowest BCUT2D eigenvalue weighted by atomic mass is 10.1. The minimum absolute atomic E-state index is 0.00120. The van der Waals surface area contributed by atoms with E-state index in [2.05, 4.69) is 20.1 Å². The molecular formula is C20H22N6O2. The van der Waals surface area contributed by atoms with Crippen molar-refractivity contribution >= 4 is 5.91 Å². The van der Waals surface area contributed by atoms with Crippen LogP contribution in [0.25, 0.3) is 11.1 Å². The summed E-state index contributed by atoms with van der Waals surface area (Å²) in [7, 11) is 1.84. The van der Waals surface area contributed by atoms with E-state index < -0.39 is 0 Å². The number of likely N-dealkylation sites (tertiary alicyclic amines) is 1. The highest BCUT2D eigenvalue weighted by Crippen LogP contribution is 2.20. The van der Waals surface area contributed by atoms with Gasteiger partial charge in [-0.2, -0.15) is 5.10 Å². The van der Waals surface area contributed by atoms with E-state index >= 15 is 0 Å². The molecule has 0 unspecified atom stereocenters. The van der Waals surface area contributed by atoms with Gasteiger partial charge in [-0.05, 0) is 30.7 Å². The third kappa shape index (κ3) is 3.85. The molecule has 0 bridgehead atoms. The summed E-state index contributed by atoms with van der Waals surface area (Å²) >= 11 is 0. The Kier molecular flexibility index (Phi) is 5.01. The smallest absolute Gasteiger partial charge is 0.316 e. The average molecular weight is 378 g/mol. The van der Waals surface area contributed by atoms with Gasteiger partial charge in [-0.1, -0.05) is 0 Å². The van der Waals surface area contributed by atoms with Crippen LogP contribution >= 0.6 is 0 Å². The first-order valence-electron chi connectivity index (χ1n) is 9.29. The van der Waals surface area contributed by atoms with Gasteiger partial charge in [0.2, 0.25) is 0 Å². The van der Waals surface area contributed by atoms with Crippen molar-refractivity contribution in [2.45, 2.75) is 25.9 Å². The number of pyridine rings is 1. The number of hydrogen-bond donors (Lipinski definition) is 0. The van der Waals surface area contributed by atoms with Crippen molar-refractivity contribution in [3.05, 3.63) is 54.4 Å². The van der Waals surface area contributed by atoms with Gasteiger partial charge in [0.25, 0.3) is 5.91 Å². The summed E-state index contributed by atoms with van der Waals surface area (Å²) in [6, 6.07) is 6.01. The minimum atomic E-state index is -0.0277. The van der Waals surface area contributed by atoms with Crippen molar-refractivity contribution in [2.24, 2.45) is 7.05 Å². The maximum Gasteiger partial charge on any atom is 0.316 e. The van der Waals surface area contributed by atoms with Gasteiger partial charge in [0.1, 0.15) is 6.10 Å². The number of carbonyl (C=O) groups is 1. The minimum Gasteiger partial charge on any atom is -0.460 e. The van der Waals surface area contributed by atoms with Gasteiger partial charge >= 0.3 is 6.01 Å². The highest BCUT2D eigenvalue weighted by molar-refractivity contribution is 5.92. The number of hydrogen-bond acceptors (Lipinski definition) is 6. The molecule has 0 atom stereocenters. The lowest BCUT2D eigenvalue weighted by Crippen LogP contribution is -2.42. The predicted molar refractivity (Wildman–Crippen MR) is 103 cm³/mol. The fourth-order valence-corrected chi connectivity index (χ4v) is 3.22. The molecule has 0 radical (unpaired) electrons. The van der Waals surface area contributed by atoms with Crippen LogP contribution in [0.5, 0.6) is 6.01 Å². The number of ether oxygens (including phenoxy) is 1. The van der Waals surface area contributed by atoms with Crippen LogP contribution < -0.4 is 4.74 Å². The van der Waals surface area contributed by atoms with Crippen LogP contribution in [0.2, 0.25) is 0 Å². The standard InChI is InChI=1S/C20H22N6O2/c1-14-11-18(24-25(14)2)19(27)26-9-5-17(6-10-26)28-20-22-12-16(13-23-20)15-3-7-21-8-4-15/h3-4,7-8,11-13,17H,5-6,9-10H2,1-2H3. The van der Waals surface area contributed by atoms with Crippen molar-refractivity contribution < 1.29 is 9.53 Å². The van der Waals surface area contributed by atoms with Gasteiger partial charge in [-0.3, -0.25) is 14.5 Å². The van der Waals surface area contributed by atoms with E-state index in [0.29, 0.717) is 24.8 Å². The molecule has 1 fully saturated rings. The fourth-order valence-electron chi connectivity index (χ4n) is 3.22. The molecule has 4 rings (SSSR count). The van der Waals surface area contributed by atoms with Crippen LogP contribution in [0.4, 0.5) is 0 Å². The molecule has 4 heterocycles. The van der Waals surface area contributed by atoms with Crippen molar-refractivity contribution in [1.82, 2.24) is 29.6 Å². The largest absolute Gasteiger partial charge is 0.460 e. The van der Waals surface area contributed by atoms with Crippen LogP contribution in [-0.2, 0) is 7.05 Å². The molecule has 1 saturated heterocycles. The lowest BCUT2D eigenvalue weighted by Gasteiger charge is -2.31. The normalized spacial score (nSPS) is 14.9. The Labute approximate surface area is 163 Å². The van der Waals surface area contributed by atoms with Crippen molar-refractivity contribution in [3.8, 4) is 17.1 Å². The monoisotopic (exact) mass is 378 g/mol. The molecule has 1 amide bonds. The molecule has 0 aromatic carbocycles. The number of rotatable bonds is 4. The molecular weight excluding hydrogens is 356 g/mol. The zero-order valence-electron chi connectivity index (χ0n) is 15.9. The Bertz CT molecular complexity index is 927. The average Bonchev–Trinajstić information content (AvgIpc) is 3.08. The van der Waals surface area contributed by atoms with Crippen LogP contribution in [0.1, 0.15) is 29.0 Å². The number of piperidine rings is 1. The molecule has 8 heteroatoms. The van der Waals surface area contributed by atoms with Crippen molar-refractivity contribution in [3.63, 3.8) is 0 Å². The van der Waals surface area contributed by atoms with Crippen LogP contribution in [0.15, 0.2) is 43.0 Å². The maximum atomic E-state index is 12.6. The molecule has 1 aliphatic heterocycles. The lowest BCUT2D eigenvalue weighted by molar-refractivity contribution is 0.0573. The van der Waals surface area contributed by atoms with Gasteiger partial charge < -0.3 is 9.64 Å². The maximum absolute atomic E-state index is 12.6. The van der Waals surface area contributed by atoms with E-state index in [4.69, 9.17) is 4.74 Å². The van der Waals surface area contributed by atoms with E-state index in [-0.39, 0.29) is 12.0 Å². The predicted octanol–water partition coefficient (Wildman–Crippen LogP) is 2.26. The summed E-state index contributed by atoms with van der Waals surface area (Å²) in [5.74, 6) is -0.0277. The number of aromatic nitrogens is 5. The first kappa shape index (κ1) is 18.1. The summed E-state index contributed by atoms with van der Waals surface area (Å²) in [5.41, 5.74) is 3.39. The molecule has 3 aromatic rings. The summed E-state index contributed by atoms with van der Waals surface area (Å²) in [4.78, 5) is 27.1. The van der Waals surface area contributed by atoms with E-state index in [1.165, 1.54) is 0 Å². The molecule has 0 N–H and O–H groups in total. The molecule has 0 aliphatic carbocycles. The molecule has 1 aliphatic rings. The van der Waals surface area contributed by atoms with Crippen molar-refractivity contribution in [1.29, 1.82) is 0 Å². The second kappa shape index (κ2) is 7.75. The Balaban J connectivity index is 1.32. The Morgan fingerprint density at radius 2 is 1.79 bits per heavy atom. The molecule has 8 nitrogen and oxygen atoms in total. The second-order valence-corrected chi connectivity index (χ2v) is 6.89. The van der Waals surface area contributed by atoms with E-state index in [1.807, 2.05) is 37.1 Å². The second-order valence-electron chi connectivity index (χ2n) is 6.89. The van der Waals surface area contributed by atoms with Gasteiger partial charge in [-0.15, -0.1) is 0 Å². The molecule has 3 aromatic heterocycles. The fraction of sp³-hybridized carbons (Fsp3) is 0.350. The Morgan fingerprint density at radius 1 is 1.11 bits per heavy atom. The number of aryl methyl sites for hydroxylation is 2. The van der Waals surface area contributed by atoms with Crippen LogP contribution in [0.3, 0.4) is 0 Å². The van der Waals surface area contributed by atoms with Gasteiger partial charge in [0.15, 0.2) is 5.69 Å². The zero-order valence-corrected chi connectivity index (χ0v) is 15.9. The number of nitrogens with zero attached hydrogens (tertiary/aromatic N) is 6. The molecule has 144 valence electrons. The highest BCUT2D eigenvalue weighted by Gasteiger charge is 2.26. The third-order valence-corrected chi connectivity index (χ3v) is 4.98. The SMILES string of the molecule is Cc1cc(C(=O)N2CCC(Oc3ncc(-c4ccncc4)cn3)CC2)nn1C. The molecule has 28 heavy (non-hydrogen) atoms. The summed E-state index contributed by atoms with van der Waals surface area (Å²) in [5, 5.41) is 4.28. The van der Waals surface area contributed by atoms with Crippen LogP contribution in [-0.4, -0.2) is 54.7 Å². The molecule has 0 saturated carbocycles. The summed E-state index contributed by atoms with van der Waals surface area (Å²) in [6.07, 6.45) is 8.46. The first-order valence-corrected chi connectivity index (χ1v) is 9.29. The summed E-state index contributed by atoms with van der Waals surface area (Å²) < 4.78 is 7.63. The van der Waals surface area contributed by atoms with E-state index in [1.54, 1.807) is 29.5 Å². The van der Waals surface area contributed by atoms with E-state index in [0.717, 1.165) is 29.7 Å². The Morgan fingerprint density at radius 3 is 2.39 bits per heavy atom. The highest BCUT2D eigenvalue weighted by atomic mass is 16.5. The van der Waals surface area contributed by atoms with E-state index in [9.17, 15) is 4.79 Å². The van der Waals surface area contributed by atoms with Gasteiger partial charge in [0, 0.05) is 69.0 Å². The van der Waals surface area contributed by atoms with Crippen LogP contribution in [0, 0.1) is 6.92 Å². The van der Waals surface area contributed by atoms with Gasteiger partial charge in [0.05, 0.1) is 0 Å².